The van der Waals surface area contributed by atoms with E-state index >= 15 is 0 Å². The lowest BCUT2D eigenvalue weighted by Crippen LogP contribution is -2.49. The van der Waals surface area contributed by atoms with Crippen molar-refractivity contribution in [3.8, 4) is 5.75 Å². The van der Waals surface area contributed by atoms with Crippen LogP contribution in [-0.4, -0.2) is 65.9 Å². The molecular formula is C27H34ClF4N3O4. The zero-order chi connectivity index (χ0) is 29.2. The maximum atomic E-state index is 13.5. The van der Waals surface area contributed by atoms with Crippen molar-refractivity contribution in [1.29, 1.82) is 0 Å². The van der Waals surface area contributed by atoms with E-state index in [1.54, 1.807) is 6.07 Å². The van der Waals surface area contributed by atoms with Gasteiger partial charge >= 0.3 is 18.2 Å². The molecule has 2 aromatic rings. The third-order valence-electron chi connectivity index (χ3n) is 5.94. The van der Waals surface area contributed by atoms with Gasteiger partial charge in [-0.2, -0.15) is 13.2 Å². The summed E-state index contributed by atoms with van der Waals surface area (Å²) in [5.74, 6) is -1.84. The number of nitrogens with zero attached hydrogens (tertiary/aromatic N) is 2. The van der Waals surface area contributed by atoms with Gasteiger partial charge in [-0.15, -0.1) is 0 Å². The fourth-order valence-electron chi connectivity index (χ4n) is 3.75. The lowest BCUT2D eigenvalue weighted by molar-refractivity contribution is -0.192. The Bertz CT molecular complexity index is 1080. The second kappa shape index (κ2) is 14.9. The number of alkyl halides is 3. The second-order valence-corrected chi connectivity index (χ2v) is 10.1. The van der Waals surface area contributed by atoms with Crippen molar-refractivity contribution in [2.75, 3.05) is 26.7 Å². The minimum Gasteiger partial charge on any atom is -0.493 e. The molecule has 0 unspecified atom stereocenters. The Morgan fingerprint density at radius 2 is 1.74 bits per heavy atom. The van der Waals surface area contributed by atoms with E-state index in [9.17, 15) is 22.4 Å². The zero-order valence-corrected chi connectivity index (χ0v) is 22.9. The van der Waals surface area contributed by atoms with Crippen LogP contribution in [0.1, 0.15) is 37.8 Å². The molecule has 12 heteroatoms. The number of aliphatic carboxylic acids is 1. The van der Waals surface area contributed by atoms with Gasteiger partial charge in [-0.1, -0.05) is 43.6 Å². The Labute approximate surface area is 230 Å². The highest BCUT2D eigenvalue weighted by Crippen LogP contribution is 2.24. The first kappa shape index (κ1) is 32.2. The summed E-state index contributed by atoms with van der Waals surface area (Å²) in [4.78, 5) is 26.2. The minimum atomic E-state index is -5.08. The number of piperidine rings is 1. The normalized spacial score (nSPS) is 14.4. The number of carboxylic acids is 1. The summed E-state index contributed by atoms with van der Waals surface area (Å²) in [6, 6.07) is 12.1. The number of carbonyl (C=O) groups is 2. The van der Waals surface area contributed by atoms with Crippen LogP contribution in [0.15, 0.2) is 42.5 Å². The van der Waals surface area contributed by atoms with Crippen molar-refractivity contribution in [2.24, 2.45) is 5.92 Å². The summed E-state index contributed by atoms with van der Waals surface area (Å²) in [5.41, 5.74) is 1.74. The van der Waals surface area contributed by atoms with E-state index in [2.05, 4.69) is 31.1 Å². The van der Waals surface area contributed by atoms with Crippen LogP contribution in [0, 0.1) is 11.7 Å². The number of carbonyl (C=O) groups excluding carboxylic acids is 1. The van der Waals surface area contributed by atoms with Crippen LogP contribution in [-0.2, 0) is 17.9 Å². The average molecular weight is 576 g/mol. The predicted molar refractivity (Wildman–Crippen MR) is 140 cm³/mol. The van der Waals surface area contributed by atoms with E-state index in [1.807, 2.05) is 29.2 Å². The first-order valence-electron chi connectivity index (χ1n) is 12.4. The third-order valence-corrected chi connectivity index (χ3v) is 6.29. The van der Waals surface area contributed by atoms with Crippen molar-refractivity contribution in [2.45, 2.75) is 52.0 Å². The molecule has 1 heterocycles. The molecule has 0 saturated carbocycles. The molecule has 0 bridgehead atoms. The number of benzene rings is 2. The fraction of sp³-hybridized carbons (Fsp3) is 0.481. The lowest BCUT2D eigenvalue weighted by Gasteiger charge is -2.37. The molecule has 0 spiro atoms. The molecule has 7 nitrogen and oxygen atoms in total. The van der Waals surface area contributed by atoms with E-state index in [0.717, 1.165) is 42.8 Å². The van der Waals surface area contributed by atoms with Gasteiger partial charge in [0, 0.05) is 24.2 Å². The third kappa shape index (κ3) is 11.3. The molecule has 0 atom stereocenters. The Kier molecular flexibility index (Phi) is 12.3. The van der Waals surface area contributed by atoms with Crippen LogP contribution in [0.2, 0.25) is 5.02 Å². The van der Waals surface area contributed by atoms with Gasteiger partial charge in [0.25, 0.3) is 0 Å². The summed E-state index contributed by atoms with van der Waals surface area (Å²) < 4.78 is 50.9. The van der Waals surface area contributed by atoms with Gasteiger partial charge in [-0.25, -0.2) is 14.0 Å². The van der Waals surface area contributed by atoms with Gasteiger partial charge in [0.15, 0.2) is 0 Å². The maximum absolute atomic E-state index is 13.5. The van der Waals surface area contributed by atoms with Crippen LogP contribution >= 0.6 is 11.6 Å². The molecule has 1 aliphatic rings. The highest BCUT2D eigenvalue weighted by Gasteiger charge is 2.38. The Morgan fingerprint density at radius 1 is 1.15 bits per heavy atom. The monoisotopic (exact) mass is 575 g/mol. The van der Waals surface area contributed by atoms with Gasteiger partial charge in [0.2, 0.25) is 0 Å². The summed E-state index contributed by atoms with van der Waals surface area (Å²) in [7, 11) is 2.09. The largest absolute Gasteiger partial charge is 0.493 e. The van der Waals surface area contributed by atoms with Gasteiger partial charge in [-0.3, -0.25) is 0 Å². The van der Waals surface area contributed by atoms with Crippen LogP contribution < -0.4 is 10.1 Å². The first-order chi connectivity index (χ1) is 18.3. The molecule has 2 N–H and O–H groups in total. The van der Waals surface area contributed by atoms with E-state index < -0.39 is 12.1 Å². The Hall–Kier alpha value is -3.05. The number of halogens is 5. The molecule has 0 aliphatic carbocycles. The number of nitrogens with one attached hydrogen (secondary N) is 1. The molecule has 1 fully saturated rings. The van der Waals surface area contributed by atoms with Gasteiger partial charge in [-0.05, 0) is 74.3 Å². The van der Waals surface area contributed by atoms with Gasteiger partial charge < -0.3 is 25.0 Å². The molecule has 39 heavy (non-hydrogen) atoms. The summed E-state index contributed by atoms with van der Waals surface area (Å²) in [5, 5.41) is 10.5. The van der Waals surface area contributed by atoms with Crippen molar-refractivity contribution >= 4 is 23.6 Å². The molecule has 0 radical (unpaired) electrons. The molecule has 1 saturated heterocycles. The number of ether oxygens (including phenoxy) is 1. The topological polar surface area (TPSA) is 82.1 Å². The highest BCUT2D eigenvalue weighted by atomic mass is 35.5. The van der Waals surface area contributed by atoms with E-state index in [4.69, 9.17) is 26.2 Å². The Morgan fingerprint density at radius 3 is 2.26 bits per heavy atom. The zero-order valence-electron chi connectivity index (χ0n) is 22.1. The average Bonchev–Trinajstić information content (AvgIpc) is 2.86. The predicted octanol–water partition coefficient (Wildman–Crippen LogP) is 5.95. The maximum Gasteiger partial charge on any atom is 0.490 e. The molecule has 216 valence electrons. The fourth-order valence-corrected chi connectivity index (χ4v) is 3.98. The van der Waals surface area contributed by atoms with Gasteiger partial charge in [0.05, 0.1) is 6.61 Å². The number of amides is 2. The van der Waals surface area contributed by atoms with Crippen LogP contribution in [0.25, 0.3) is 0 Å². The number of hydrogen-bond donors (Lipinski definition) is 2. The standard InChI is InChI=1S/C25H33ClFN3O2.C2HF3O2/c1-18(2)17-32-23-8-4-19(5-9-23)15-28-25(31)30(22-10-12-29(3)13-11-22)16-20-6-7-21(27)14-24(20)26;3-2(4,5)1(6)7/h4-9,14,18,22H,10-13,15-17H2,1-3H3,(H,28,31);(H,6,7). The summed E-state index contributed by atoms with van der Waals surface area (Å²) in [6.45, 7) is 7.53. The van der Waals surface area contributed by atoms with Crippen LogP contribution in [0.5, 0.6) is 5.75 Å². The smallest absolute Gasteiger partial charge is 0.490 e. The molecule has 2 amide bonds. The lowest BCUT2D eigenvalue weighted by atomic mass is 10.0. The molecule has 0 aromatic heterocycles. The SMILES string of the molecule is CC(C)COc1ccc(CNC(=O)N(Cc2ccc(F)cc2Cl)C2CCN(C)CC2)cc1.O=C(O)C(F)(F)F. The van der Waals surface area contributed by atoms with Crippen molar-refractivity contribution in [1.82, 2.24) is 15.1 Å². The number of urea groups is 1. The second-order valence-electron chi connectivity index (χ2n) is 9.71. The number of likely N-dealkylation sites (tertiary alicyclic amines) is 1. The number of rotatable bonds is 8. The highest BCUT2D eigenvalue weighted by molar-refractivity contribution is 6.31. The van der Waals surface area contributed by atoms with E-state index in [1.165, 1.54) is 12.1 Å². The van der Waals surface area contributed by atoms with Gasteiger partial charge in [0.1, 0.15) is 11.6 Å². The number of carboxylic acid groups (broad SMARTS) is 1. The molecule has 3 rings (SSSR count). The van der Waals surface area contributed by atoms with Crippen molar-refractivity contribution in [3.63, 3.8) is 0 Å². The summed E-state index contributed by atoms with van der Waals surface area (Å²) >= 11 is 6.25. The quantitative estimate of drug-likeness (QED) is 0.380. The number of hydrogen-bond acceptors (Lipinski definition) is 4. The minimum absolute atomic E-state index is 0.110. The van der Waals surface area contributed by atoms with E-state index in [-0.39, 0.29) is 17.9 Å². The Balaban J connectivity index is 0.000000673. The first-order valence-corrected chi connectivity index (χ1v) is 12.8. The molecule has 2 aromatic carbocycles. The van der Waals surface area contributed by atoms with Crippen molar-refractivity contribution in [3.05, 3.63) is 64.4 Å². The van der Waals surface area contributed by atoms with Crippen LogP contribution in [0.4, 0.5) is 22.4 Å². The molecule has 1 aliphatic heterocycles. The van der Waals surface area contributed by atoms with Crippen LogP contribution in [0.3, 0.4) is 0 Å². The summed E-state index contributed by atoms with van der Waals surface area (Å²) in [6.07, 6.45) is -3.30. The molecular weight excluding hydrogens is 542 g/mol. The van der Waals surface area contributed by atoms with Crippen molar-refractivity contribution < 1.29 is 37.0 Å². The van der Waals surface area contributed by atoms with E-state index in [0.29, 0.717) is 30.6 Å².